The minimum absolute atomic E-state index is 0.139. The lowest BCUT2D eigenvalue weighted by Crippen LogP contribution is -2.42. The lowest BCUT2D eigenvalue weighted by molar-refractivity contribution is -0.139. The molecule has 1 aromatic heterocycles. The van der Waals surface area contributed by atoms with Gasteiger partial charge in [0, 0.05) is 41.9 Å². The number of rotatable bonds is 10. The first-order chi connectivity index (χ1) is 17.4. The van der Waals surface area contributed by atoms with E-state index in [9.17, 15) is 18.3 Å². The monoisotopic (exact) mass is 518 g/mol. The molecular weight excluding hydrogens is 485 g/mol. The van der Waals surface area contributed by atoms with Crippen LogP contribution in [0.4, 0.5) is 13.2 Å². The van der Waals surface area contributed by atoms with E-state index in [1.165, 1.54) is 23.4 Å². The highest BCUT2D eigenvalue weighted by Gasteiger charge is 2.33. The number of fused-ring (bicyclic) bond motifs is 1. The van der Waals surface area contributed by atoms with Crippen LogP contribution in [0.1, 0.15) is 30.4 Å². The van der Waals surface area contributed by atoms with Gasteiger partial charge in [0.05, 0.1) is 18.2 Å². The second-order valence-electron chi connectivity index (χ2n) is 9.38. The molecule has 1 aliphatic heterocycles. The van der Waals surface area contributed by atoms with Gasteiger partial charge < -0.3 is 14.7 Å². The first kappa shape index (κ1) is 26.8. The van der Waals surface area contributed by atoms with Gasteiger partial charge in [0.1, 0.15) is 5.75 Å². The van der Waals surface area contributed by atoms with Gasteiger partial charge in [0.2, 0.25) is 0 Å². The van der Waals surface area contributed by atoms with E-state index < -0.39 is 11.7 Å². The van der Waals surface area contributed by atoms with Crippen LogP contribution in [-0.4, -0.2) is 54.1 Å². The molecule has 4 nitrogen and oxygen atoms in total. The second kappa shape index (κ2) is 12.3. The van der Waals surface area contributed by atoms with Crippen molar-refractivity contribution in [1.82, 2.24) is 9.88 Å². The number of aromatic nitrogens is 1. The molecule has 0 aliphatic carbocycles. The zero-order chi connectivity index (χ0) is 25.5. The maximum Gasteiger partial charge on any atom is 0.417 e. The third-order valence-corrected chi connectivity index (χ3v) is 8.18. The number of aliphatic hydroxyl groups is 1. The molecule has 0 spiro atoms. The Labute approximate surface area is 214 Å². The molecule has 1 aliphatic rings. The van der Waals surface area contributed by atoms with Crippen LogP contribution in [0.3, 0.4) is 0 Å². The van der Waals surface area contributed by atoms with Crippen LogP contribution in [0.2, 0.25) is 0 Å². The number of thioether (sulfide) groups is 1. The number of pyridine rings is 1. The summed E-state index contributed by atoms with van der Waals surface area (Å²) in [7, 11) is 1.67. The van der Waals surface area contributed by atoms with Crippen molar-refractivity contribution in [3.05, 3.63) is 65.9 Å². The summed E-state index contributed by atoms with van der Waals surface area (Å²) in [4.78, 5) is 7.02. The molecule has 0 amide bonds. The van der Waals surface area contributed by atoms with Gasteiger partial charge in [-0.1, -0.05) is 12.1 Å². The van der Waals surface area contributed by atoms with Gasteiger partial charge in [0.25, 0.3) is 0 Å². The normalized spacial score (nSPS) is 19.0. The van der Waals surface area contributed by atoms with Gasteiger partial charge in [0.15, 0.2) is 0 Å². The van der Waals surface area contributed by atoms with E-state index in [0.717, 1.165) is 61.5 Å². The molecular formula is C28H33F3N2O2S. The number of hydrogen-bond donors (Lipinski definition) is 1. The summed E-state index contributed by atoms with van der Waals surface area (Å²) in [5.41, 5.74) is 1.65. The van der Waals surface area contributed by atoms with Crippen molar-refractivity contribution in [2.45, 2.75) is 36.8 Å². The number of alkyl halides is 3. The van der Waals surface area contributed by atoms with E-state index in [1.807, 2.05) is 24.4 Å². The predicted molar refractivity (Wildman–Crippen MR) is 139 cm³/mol. The number of benzene rings is 2. The summed E-state index contributed by atoms with van der Waals surface area (Å²) in [6.45, 7) is 2.56. The Balaban J connectivity index is 1.27. The molecule has 0 saturated carbocycles. The van der Waals surface area contributed by atoms with Crippen LogP contribution in [0, 0.1) is 11.8 Å². The molecule has 1 fully saturated rings. The second-order valence-corrected chi connectivity index (χ2v) is 10.5. The third-order valence-electron chi connectivity index (χ3n) is 7.13. The van der Waals surface area contributed by atoms with Gasteiger partial charge in [-0.25, -0.2) is 0 Å². The Morgan fingerprint density at radius 1 is 1.14 bits per heavy atom. The lowest BCUT2D eigenvalue weighted by Gasteiger charge is -2.38. The highest BCUT2D eigenvalue weighted by Crippen LogP contribution is 2.37. The molecule has 0 radical (unpaired) electrons. The van der Waals surface area contributed by atoms with Crippen LogP contribution in [-0.2, 0) is 12.6 Å². The number of halogens is 3. The van der Waals surface area contributed by atoms with Gasteiger partial charge in [-0.2, -0.15) is 13.2 Å². The SMILES string of the molecule is COc1ccc2nccc(CCC[C@@H]3CCN(CCSc4ccccc4C(F)(F)F)C[C@@H]3CO)c2c1. The minimum atomic E-state index is -4.33. The first-order valence-electron chi connectivity index (χ1n) is 12.4. The molecule has 8 heteroatoms. The van der Waals surface area contributed by atoms with Gasteiger partial charge in [-0.3, -0.25) is 4.98 Å². The minimum Gasteiger partial charge on any atom is -0.497 e. The van der Waals surface area contributed by atoms with E-state index in [4.69, 9.17) is 4.74 Å². The fourth-order valence-corrected chi connectivity index (χ4v) is 6.22. The average molecular weight is 519 g/mol. The molecule has 0 bridgehead atoms. The molecule has 3 aromatic rings. The van der Waals surface area contributed by atoms with Crippen molar-refractivity contribution in [2.24, 2.45) is 11.8 Å². The zero-order valence-corrected chi connectivity index (χ0v) is 21.3. The van der Waals surface area contributed by atoms with Crippen molar-refractivity contribution in [2.75, 3.05) is 39.1 Å². The Hall–Kier alpha value is -2.29. The molecule has 1 saturated heterocycles. The highest BCUT2D eigenvalue weighted by molar-refractivity contribution is 7.99. The Morgan fingerprint density at radius 3 is 2.75 bits per heavy atom. The van der Waals surface area contributed by atoms with Crippen LogP contribution < -0.4 is 4.74 Å². The average Bonchev–Trinajstić information content (AvgIpc) is 2.88. The number of methoxy groups -OCH3 is 1. The fourth-order valence-electron chi connectivity index (χ4n) is 5.14. The van der Waals surface area contributed by atoms with Gasteiger partial charge >= 0.3 is 6.18 Å². The van der Waals surface area contributed by atoms with E-state index in [1.54, 1.807) is 19.2 Å². The molecule has 2 aromatic carbocycles. The maximum absolute atomic E-state index is 13.2. The topological polar surface area (TPSA) is 45.6 Å². The molecule has 0 unspecified atom stereocenters. The highest BCUT2D eigenvalue weighted by atomic mass is 32.2. The van der Waals surface area contributed by atoms with Gasteiger partial charge in [-0.05, 0) is 86.0 Å². The fraction of sp³-hybridized carbons (Fsp3) is 0.464. The molecule has 1 N–H and O–H groups in total. The van der Waals surface area contributed by atoms with E-state index in [-0.39, 0.29) is 17.4 Å². The quantitative estimate of drug-likeness (QED) is 0.319. The van der Waals surface area contributed by atoms with Crippen LogP contribution in [0.5, 0.6) is 5.75 Å². The number of nitrogens with zero attached hydrogens (tertiary/aromatic N) is 2. The van der Waals surface area contributed by atoms with E-state index in [2.05, 4.69) is 16.0 Å². The smallest absolute Gasteiger partial charge is 0.417 e. The van der Waals surface area contributed by atoms with E-state index in [0.29, 0.717) is 18.2 Å². The van der Waals surface area contributed by atoms with E-state index >= 15 is 0 Å². The van der Waals surface area contributed by atoms with Gasteiger partial charge in [-0.15, -0.1) is 11.8 Å². The summed E-state index contributed by atoms with van der Waals surface area (Å²) in [5, 5.41) is 11.2. The number of aliphatic hydroxyl groups excluding tert-OH is 1. The number of piperidine rings is 1. The van der Waals surface area contributed by atoms with Crippen molar-refractivity contribution >= 4 is 22.7 Å². The number of hydrogen-bond acceptors (Lipinski definition) is 5. The van der Waals surface area contributed by atoms with Crippen LogP contribution in [0.25, 0.3) is 10.9 Å². The van der Waals surface area contributed by atoms with Crippen LogP contribution >= 0.6 is 11.8 Å². The predicted octanol–water partition coefficient (Wildman–Crippen LogP) is 6.31. The molecule has 2 heterocycles. The molecule has 2 atom stereocenters. The van der Waals surface area contributed by atoms with Crippen molar-refractivity contribution < 1.29 is 23.0 Å². The largest absolute Gasteiger partial charge is 0.497 e. The number of ether oxygens (including phenoxy) is 1. The Kier molecular flexibility index (Phi) is 9.14. The summed E-state index contributed by atoms with van der Waals surface area (Å²) in [5.74, 6) is 2.06. The number of likely N-dealkylation sites (tertiary alicyclic amines) is 1. The number of aryl methyl sites for hydroxylation is 1. The molecule has 4 rings (SSSR count). The standard InChI is InChI=1S/C28H33F3N2O2S/c1-35-23-9-10-26-24(17-23)21(11-13-32-26)6-4-5-20-12-14-33(18-22(20)19-34)15-16-36-27-8-3-2-7-25(27)28(29,30)31/h2-3,7-11,13,17,20,22,34H,4-6,12,14-16,18-19H2,1H3/t20-,22-/m1/s1. The first-order valence-corrected chi connectivity index (χ1v) is 13.4. The van der Waals surface area contributed by atoms with Crippen molar-refractivity contribution in [3.8, 4) is 5.75 Å². The summed E-state index contributed by atoms with van der Waals surface area (Å²) in [6, 6.07) is 13.8. The lowest BCUT2D eigenvalue weighted by atomic mass is 9.82. The molecule has 36 heavy (non-hydrogen) atoms. The van der Waals surface area contributed by atoms with Crippen molar-refractivity contribution in [3.63, 3.8) is 0 Å². The zero-order valence-electron chi connectivity index (χ0n) is 20.5. The molecule has 194 valence electrons. The van der Waals surface area contributed by atoms with Crippen molar-refractivity contribution in [1.29, 1.82) is 0 Å². The Morgan fingerprint density at radius 2 is 1.97 bits per heavy atom. The summed E-state index contributed by atoms with van der Waals surface area (Å²) >= 11 is 1.25. The third kappa shape index (κ3) is 6.72. The van der Waals surface area contributed by atoms with Crippen LogP contribution in [0.15, 0.2) is 59.6 Å². The Bertz CT molecular complexity index is 1140. The summed E-state index contributed by atoms with van der Waals surface area (Å²) in [6.07, 6.45) is 1.53. The summed E-state index contributed by atoms with van der Waals surface area (Å²) < 4.78 is 45.1. The maximum atomic E-state index is 13.2.